The molecule has 5 rings (SSSR count). The van der Waals surface area contributed by atoms with E-state index in [2.05, 4.69) is 24.9 Å². The van der Waals surface area contributed by atoms with Gasteiger partial charge in [0.1, 0.15) is 36.8 Å². The summed E-state index contributed by atoms with van der Waals surface area (Å²) in [6.45, 7) is 2.15. The lowest BCUT2D eigenvalue weighted by Gasteiger charge is -2.23. The van der Waals surface area contributed by atoms with Crippen LogP contribution in [0.3, 0.4) is 0 Å². The normalized spacial score (nSPS) is 29.2. The second kappa shape index (κ2) is 10.3. The van der Waals surface area contributed by atoms with Gasteiger partial charge in [0.15, 0.2) is 11.2 Å². The smallest absolute Gasteiger partial charge is 0.354 e. The van der Waals surface area contributed by atoms with Crippen molar-refractivity contribution < 1.29 is 33.3 Å². The van der Waals surface area contributed by atoms with Crippen LogP contribution in [0, 0.1) is 6.92 Å². The molecule has 2 saturated heterocycles. The fourth-order valence-corrected chi connectivity index (χ4v) is 5.66. The van der Waals surface area contributed by atoms with Gasteiger partial charge in [-0.25, -0.2) is 19.7 Å². The van der Waals surface area contributed by atoms with Gasteiger partial charge >= 0.3 is 13.3 Å². The third-order valence-corrected chi connectivity index (χ3v) is 7.55. The van der Waals surface area contributed by atoms with Crippen molar-refractivity contribution in [2.45, 2.75) is 56.6 Å². The molecule has 3 aromatic rings. The second-order valence-corrected chi connectivity index (χ2v) is 11.1. The number of nitrogens with two attached hydrogens (primary N) is 1. The standard InChI is InChI=1S/C20H27N8O9P/c1-9-24-17-16(18(31)25-9)22-7-27(17)14-3-10(30)13(36-14)6-34-38(2,33)37-11-4-15(35-12(11)5-29)28-8-23-19(21)26-20(28)32/h7-8,10-15,29-30H,3-6H2,1-2H3,(H2,21,26,32)(H,24,25,31)/t10-,11-,12-,13-,14-,15-,38?/m1/s1. The number of aliphatic hydroxyl groups excluding tert-OH is 2. The van der Waals surface area contributed by atoms with Crippen LogP contribution in [-0.4, -0.2) is 88.6 Å². The summed E-state index contributed by atoms with van der Waals surface area (Å²) >= 11 is 0. The van der Waals surface area contributed by atoms with Crippen molar-refractivity contribution in [3.8, 4) is 0 Å². The molecule has 0 aliphatic carbocycles. The average Bonchev–Trinajstić information content (AvgIpc) is 3.54. The number of nitrogens with one attached hydrogen (secondary N) is 1. The molecule has 0 radical (unpaired) electrons. The van der Waals surface area contributed by atoms with Crippen molar-refractivity contribution in [1.29, 1.82) is 0 Å². The number of hydrogen-bond acceptors (Lipinski definition) is 14. The number of aromatic amines is 1. The van der Waals surface area contributed by atoms with E-state index in [0.717, 1.165) is 4.57 Å². The van der Waals surface area contributed by atoms with Crippen LogP contribution in [0.2, 0.25) is 0 Å². The molecular formula is C20H27N8O9P. The quantitative estimate of drug-likeness (QED) is 0.240. The number of aryl methyl sites for hydroxylation is 1. The van der Waals surface area contributed by atoms with Crippen LogP contribution in [0.5, 0.6) is 0 Å². The molecule has 2 aliphatic rings. The van der Waals surface area contributed by atoms with Crippen molar-refractivity contribution in [3.63, 3.8) is 0 Å². The molecule has 2 fully saturated rings. The number of hydrogen-bond donors (Lipinski definition) is 4. The molecule has 5 N–H and O–H groups in total. The van der Waals surface area contributed by atoms with Gasteiger partial charge < -0.3 is 39.5 Å². The molecule has 206 valence electrons. The summed E-state index contributed by atoms with van der Waals surface area (Å²) in [6.07, 6.45) is -2.37. The summed E-state index contributed by atoms with van der Waals surface area (Å²) in [5.74, 6) is 0.210. The highest BCUT2D eigenvalue weighted by Crippen LogP contribution is 2.49. The number of aliphatic hydroxyl groups is 2. The number of aromatic nitrogens is 7. The van der Waals surface area contributed by atoms with E-state index in [1.165, 1.54) is 19.3 Å². The van der Waals surface area contributed by atoms with E-state index in [1.807, 2.05) is 0 Å². The van der Waals surface area contributed by atoms with Gasteiger partial charge in [0, 0.05) is 19.5 Å². The third kappa shape index (κ3) is 5.26. The highest BCUT2D eigenvalue weighted by Gasteiger charge is 2.42. The summed E-state index contributed by atoms with van der Waals surface area (Å²) in [4.78, 5) is 42.5. The largest absolute Gasteiger partial charge is 0.394 e. The fourth-order valence-electron chi connectivity index (χ4n) is 4.47. The second-order valence-electron chi connectivity index (χ2n) is 9.07. The van der Waals surface area contributed by atoms with Crippen LogP contribution in [0.1, 0.15) is 31.1 Å². The zero-order chi connectivity index (χ0) is 27.2. The van der Waals surface area contributed by atoms with Crippen molar-refractivity contribution in [2.24, 2.45) is 0 Å². The lowest BCUT2D eigenvalue weighted by molar-refractivity contribution is -0.0511. The number of anilines is 1. The SMILES string of the molecule is Cc1nc2c(ncn2[C@H]2C[C@@H](O)[C@@H](COP(C)(=O)O[C@@H]3C[C@H](n4cnc(N)nc4=O)O[C@@H]3CO)O2)c(=O)[nH]1. The molecule has 0 spiro atoms. The molecule has 1 unspecified atom stereocenters. The van der Waals surface area contributed by atoms with Crippen molar-refractivity contribution in [3.05, 3.63) is 39.3 Å². The first-order chi connectivity index (χ1) is 18.0. The first kappa shape index (κ1) is 26.6. The van der Waals surface area contributed by atoms with Gasteiger partial charge in [0.25, 0.3) is 5.56 Å². The summed E-state index contributed by atoms with van der Waals surface area (Å²) in [5.41, 5.74) is 4.78. The molecule has 0 bridgehead atoms. The number of fused-ring (bicyclic) bond motifs is 1. The van der Waals surface area contributed by atoms with E-state index in [-0.39, 0.29) is 36.5 Å². The Balaban J connectivity index is 1.22. The summed E-state index contributed by atoms with van der Waals surface area (Å²) in [7, 11) is -3.74. The van der Waals surface area contributed by atoms with E-state index in [9.17, 15) is 24.4 Å². The van der Waals surface area contributed by atoms with Crippen molar-refractivity contribution in [2.75, 3.05) is 25.6 Å². The molecule has 5 heterocycles. The minimum atomic E-state index is -3.74. The van der Waals surface area contributed by atoms with Gasteiger partial charge in [-0.15, -0.1) is 0 Å². The molecule has 0 aromatic carbocycles. The maximum absolute atomic E-state index is 13.1. The van der Waals surface area contributed by atoms with Gasteiger partial charge in [0.2, 0.25) is 5.95 Å². The number of ether oxygens (including phenoxy) is 2. The van der Waals surface area contributed by atoms with Gasteiger partial charge in [-0.3, -0.25) is 18.5 Å². The third-order valence-electron chi connectivity index (χ3n) is 6.28. The topological polar surface area (TPSA) is 232 Å². The Hall–Kier alpha value is -3.05. The highest BCUT2D eigenvalue weighted by molar-refractivity contribution is 7.53. The van der Waals surface area contributed by atoms with Crippen LogP contribution in [0.25, 0.3) is 11.2 Å². The Kier molecular flexibility index (Phi) is 7.17. The number of imidazole rings is 1. The number of rotatable bonds is 8. The Morgan fingerprint density at radius 2 is 1.87 bits per heavy atom. The highest BCUT2D eigenvalue weighted by atomic mass is 31.2. The van der Waals surface area contributed by atoms with E-state index >= 15 is 0 Å². The lowest BCUT2D eigenvalue weighted by Crippen LogP contribution is -2.29. The van der Waals surface area contributed by atoms with Crippen LogP contribution in [0.4, 0.5) is 5.95 Å². The van der Waals surface area contributed by atoms with E-state index in [4.69, 9.17) is 24.3 Å². The van der Waals surface area contributed by atoms with Crippen LogP contribution < -0.4 is 17.0 Å². The Labute approximate surface area is 214 Å². The predicted molar refractivity (Wildman–Crippen MR) is 128 cm³/mol. The maximum atomic E-state index is 13.1. The van der Waals surface area contributed by atoms with Crippen molar-refractivity contribution >= 4 is 24.7 Å². The number of nitrogens with zero attached hydrogens (tertiary/aromatic N) is 6. The number of nitrogen functional groups attached to an aromatic ring is 1. The zero-order valence-electron chi connectivity index (χ0n) is 20.4. The van der Waals surface area contributed by atoms with Crippen LogP contribution in [-0.2, 0) is 23.1 Å². The van der Waals surface area contributed by atoms with Crippen LogP contribution in [0.15, 0.2) is 22.2 Å². The number of H-pyrrole nitrogens is 1. The molecule has 0 saturated carbocycles. The first-order valence-corrected chi connectivity index (χ1v) is 13.7. The van der Waals surface area contributed by atoms with E-state index in [1.54, 1.807) is 11.5 Å². The molecule has 2 aliphatic heterocycles. The molecular weight excluding hydrogens is 527 g/mol. The molecule has 3 aromatic heterocycles. The first-order valence-electron chi connectivity index (χ1n) is 11.7. The molecule has 17 nitrogen and oxygen atoms in total. The van der Waals surface area contributed by atoms with Gasteiger partial charge in [-0.05, 0) is 6.92 Å². The van der Waals surface area contributed by atoms with Crippen molar-refractivity contribution in [1.82, 2.24) is 34.1 Å². The minimum absolute atomic E-state index is 0.0590. The monoisotopic (exact) mass is 554 g/mol. The van der Waals surface area contributed by atoms with Gasteiger partial charge in [-0.1, -0.05) is 0 Å². The van der Waals surface area contributed by atoms with Gasteiger partial charge in [-0.2, -0.15) is 4.98 Å². The fraction of sp³-hybridized carbons (Fsp3) is 0.600. The maximum Gasteiger partial charge on any atom is 0.354 e. The average molecular weight is 554 g/mol. The molecule has 18 heteroatoms. The molecule has 38 heavy (non-hydrogen) atoms. The summed E-state index contributed by atoms with van der Waals surface area (Å²) in [6, 6.07) is 0. The van der Waals surface area contributed by atoms with Crippen LogP contribution >= 0.6 is 7.60 Å². The summed E-state index contributed by atoms with van der Waals surface area (Å²) < 4.78 is 38.5. The van der Waals surface area contributed by atoms with E-state index in [0.29, 0.717) is 11.5 Å². The predicted octanol–water partition coefficient (Wildman–Crippen LogP) is -1.18. The lowest BCUT2D eigenvalue weighted by atomic mass is 10.2. The molecule has 0 amide bonds. The minimum Gasteiger partial charge on any atom is -0.394 e. The van der Waals surface area contributed by atoms with E-state index < -0.39 is 56.8 Å². The Bertz CT molecular complexity index is 1490. The van der Waals surface area contributed by atoms with Gasteiger partial charge in [0.05, 0.1) is 31.7 Å². The Morgan fingerprint density at radius 1 is 1.16 bits per heavy atom. The Morgan fingerprint density at radius 3 is 2.61 bits per heavy atom. The zero-order valence-corrected chi connectivity index (χ0v) is 21.3. The molecule has 7 atom stereocenters. The summed E-state index contributed by atoms with van der Waals surface area (Å²) in [5, 5.41) is 20.3.